The molecule has 0 aromatic heterocycles. The normalized spacial score (nSPS) is 14.7. The first-order chi connectivity index (χ1) is 13.8. The van der Waals surface area contributed by atoms with Crippen LogP contribution in [0.25, 0.3) is 6.08 Å². The van der Waals surface area contributed by atoms with E-state index in [1.54, 1.807) is 37.2 Å². The van der Waals surface area contributed by atoms with E-state index in [-0.39, 0.29) is 28.6 Å². The number of hydrogen-bond donors (Lipinski definition) is 0. The Labute approximate surface area is 163 Å². The molecule has 1 aliphatic heterocycles. The number of rotatable bonds is 6. The average Bonchev–Trinajstić information content (AvgIpc) is 3.01. The van der Waals surface area contributed by atoms with E-state index < -0.39 is 17.5 Å². The number of nitro benzene ring substituents is 1. The smallest absolute Gasteiger partial charge is 0.387 e. The van der Waals surface area contributed by atoms with E-state index in [1.807, 2.05) is 0 Å². The third kappa shape index (κ3) is 4.37. The van der Waals surface area contributed by atoms with Gasteiger partial charge in [0.1, 0.15) is 11.4 Å². The Balaban J connectivity index is 1.98. The van der Waals surface area contributed by atoms with Gasteiger partial charge in [0.05, 0.1) is 10.5 Å². The number of nitro groups is 1. The molecule has 0 bridgehead atoms. The number of carbonyl (C=O) groups is 1. The average molecular weight is 403 g/mol. The Morgan fingerprint density at radius 2 is 1.97 bits per heavy atom. The van der Waals surface area contributed by atoms with Crippen LogP contribution in [0.3, 0.4) is 0 Å². The molecule has 0 radical (unpaired) electrons. The molecule has 0 unspecified atom stereocenters. The Hall–Kier alpha value is -3.82. The van der Waals surface area contributed by atoms with Gasteiger partial charge in [0.2, 0.25) is 5.90 Å². The lowest BCUT2D eigenvalue weighted by Crippen LogP contribution is -2.11. The van der Waals surface area contributed by atoms with Crippen LogP contribution in [0.5, 0.6) is 5.75 Å². The van der Waals surface area contributed by atoms with Crippen LogP contribution in [0, 0.1) is 10.1 Å². The number of alkyl halides is 2. The van der Waals surface area contributed by atoms with Crippen LogP contribution in [0.15, 0.2) is 53.2 Å². The van der Waals surface area contributed by atoms with Crippen LogP contribution in [0.1, 0.15) is 11.1 Å². The van der Waals surface area contributed by atoms with Crippen molar-refractivity contribution < 1.29 is 28.0 Å². The number of ether oxygens (including phenoxy) is 2. The predicted molar refractivity (Wildman–Crippen MR) is 101 cm³/mol. The summed E-state index contributed by atoms with van der Waals surface area (Å²) in [6.45, 7) is -3.06. The third-order valence-corrected chi connectivity index (χ3v) is 3.94. The molecule has 0 saturated carbocycles. The number of benzene rings is 2. The van der Waals surface area contributed by atoms with Crippen molar-refractivity contribution in [1.82, 2.24) is 0 Å². The van der Waals surface area contributed by atoms with Gasteiger partial charge in [0.25, 0.3) is 5.69 Å². The lowest BCUT2D eigenvalue weighted by Gasteiger charge is -2.12. The number of carbonyl (C=O) groups excluding carboxylic acids is 1. The van der Waals surface area contributed by atoms with Gasteiger partial charge in [-0.2, -0.15) is 8.78 Å². The Morgan fingerprint density at radius 1 is 1.24 bits per heavy atom. The number of cyclic esters (lactones) is 1. The second-order valence-corrected chi connectivity index (χ2v) is 6.11. The number of esters is 1. The molecule has 1 aliphatic rings. The van der Waals surface area contributed by atoms with Gasteiger partial charge in [-0.15, -0.1) is 0 Å². The second kappa shape index (κ2) is 8.05. The Kier molecular flexibility index (Phi) is 5.53. The van der Waals surface area contributed by atoms with Crippen LogP contribution in [0.2, 0.25) is 0 Å². The highest BCUT2D eigenvalue weighted by Crippen LogP contribution is 2.30. The molecule has 0 aliphatic carbocycles. The number of para-hydroxylation sites is 1. The van der Waals surface area contributed by atoms with Crippen molar-refractivity contribution >= 4 is 29.3 Å². The molecule has 10 heteroatoms. The molecule has 0 saturated heterocycles. The summed E-state index contributed by atoms with van der Waals surface area (Å²) in [7, 11) is 3.34. The summed E-state index contributed by atoms with van der Waals surface area (Å²) < 4.78 is 34.7. The number of aliphatic imine (C=N–C) groups is 1. The molecule has 0 spiro atoms. The summed E-state index contributed by atoms with van der Waals surface area (Å²) in [5.41, 5.74) is 0.567. The highest BCUT2D eigenvalue weighted by Gasteiger charge is 2.27. The van der Waals surface area contributed by atoms with Gasteiger partial charge < -0.3 is 14.4 Å². The zero-order valence-corrected chi connectivity index (χ0v) is 15.3. The summed E-state index contributed by atoms with van der Waals surface area (Å²) in [5.74, 6) is -1.20. The molecule has 3 rings (SSSR count). The summed E-state index contributed by atoms with van der Waals surface area (Å²) in [6.07, 6.45) is 1.32. The maximum absolute atomic E-state index is 12.6. The quantitative estimate of drug-likeness (QED) is 0.317. The molecule has 150 valence electrons. The van der Waals surface area contributed by atoms with Gasteiger partial charge in [-0.1, -0.05) is 18.2 Å². The van der Waals surface area contributed by atoms with Crippen molar-refractivity contribution in [2.24, 2.45) is 4.99 Å². The summed E-state index contributed by atoms with van der Waals surface area (Å²) in [6, 6.07) is 10.2. The molecule has 2 aromatic rings. The molecule has 0 fully saturated rings. The maximum atomic E-state index is 12.6. The number of halogens is 2. The van der Waals surface area contributed by atoms with E-state index in [4.69, 9.17) is 4.74 Å². The van der Waals surface area contributed by atoms with Crippen molar-refractivity contribution in [3.05, 3.63) is 69.4 Å². The minimum atomic E-state index is -3.06. The van der Waals surface area contributed by atoms with E-state index in [2.05, 4.69) is 9.73 Å². The zero-order valence-electron chi connectivity index (χ0n) is 15.3. The van der Waals surface area contributed by atoms with Gasteiger partial charge in [-0.3, -0.25) is 10.1 Å². The minimum absolute atomic E-state index is 0.0819. The van der Waals surface area contributed by atoms with Crippen LogP contribution in [-0.2, 0) is 9.53 Å². The molecule has 2 aromatic carbocycles. The summed E-state index contributed by atoms with van der Waals surface area (Å²) >= 11 is 0. The lowest BCUT2D eigenvalue weighted by molar-refractivity contribution is -0.384. The third-order valence-electron chi connectivity index (χ3n) is 3.94. The molecule has 0 atom stereocenters. The van der Waals surface area contributed by atoms with Crippen LogP contribution in [0.4, 0.5) is 20.2 Å². The summed E-state index contributed by atoms with van der Waals surface area (Å²) in [5, 5.41) is 11.3. The van der Waals surface area contributed by atoms with Crippen molar-refractivity contribution in [3.8, 4) is 5.75 Å². The largest absolute Gasteiger partial charge is 0.434 e. The van der Waals surface area contributed by atoms with Crippen LogP contribution in [-0.4, -0.2) is 37.5 Å². The predicted octanol–water partition coefficient (Wildman–Crippen LogP) is 3.61. The van der Waals surface area contributed by atoms with E-state index in [0.29, 0.717) is 11.3 Å². The van der Waals surface area contributed by atoms with Gasteiger partial charge >= 0.3 is 12.6 Å². The molecular formula is C19H15F2N3O5. The van der Waals surface area contributed by atoms with Crippen LogP contribution < -0.4 is 9.64 Å². The van der Waals surface area contributed by atoms with Crippen molar-refractivity contribution in [2.45, 2.75) is 6.61 Å². The fraction of sp³-hybridized carbons (Fsp3) is 0.158. The van der Waals surface area contributed by atoms with Crippen molar-refractivity contribution in [2.75, 3.05) is 19.0 Å². The molecule has 0 amide bonds. The van der Waals surface area contributed by atoms with E-state index >= 15 is 0 Å². The van der Waals surface area contributed by atoms with E-state index in [0.717, 1.165) is 0 Å². The van der Waals surface area contributed by atoms with E-state index in [1.165, 1.54) is 30.3 Å². The first-order valence-corrected chi connectivity index (χ1v) is 8.29. The fourth-order valence-electron chi connectivity index (χ4n) is 2.68. The molecular weight excluding hydrogens is 388 g/mol. The Morgan fingerprint density at radius 3 is 2.62 bits per heavy atom. The first-order valence-electron chi connectivity index (χ1n) is 8.29. The number of nitrogens with zero attached hydrogens (tertiary/aromatic N) is 3. The van der Waals surface area contributed by atoms with Crippen molar-refractivity contribution in [3.63, 3.8) is 0 Å². The van der Waals surface area contributed by atoms with Gasteiger partial charge in [-0.25, -0.2) is 9.79 Å². The minimum Gasteiger partial charge on any atom is -0.434 e. The zero-order chi connectivity index (χ0) is 21.1. The SMILES string of the molecule is CN(C)c1ccc(/C=C2\N=C(c3ccccc3OC(F)F)OC2=O)cc1[N+](=O)[O-]. The molecule has 8 nitrogen and oxygen atoms in total. The molecule has 0 N–H and O–H groups in total. The highest BCUT2D eigenvalue weighted by atomic mass is 19.3. The lowest BCUT2D eigenvalue weighted by atomic mass is 10.1. The van der Waals surface area contributed by atoms with Gasteiger partial charge in [-0.05, 0) is 29.8 Å². The first kappa shape index (κ1) is 19.9. The number of anilines is 1. The highest BCUT2D eigenvalue weighted by molar-refractivity contribution is 6.13. The fourth-order valence-corrected chi connectivity index (χ4v) is 2.68. The van der Waals surface area contributed by atoms with Crippen molar-refractivity contribution in [1.29, 1.82) is 0 Å². The maximum Gasteiger partial charge on any atom is 0.387 e. The standard InChI is InChI=1S/C19H15F2N3O5/c1-23(2)14-8-7-11(10-15(14)24(26)27)9-13-18(25)29-17(22-13)12-5-3-4-6-16(12)28-19(20)21/h3-10,19H,1-2H3/b13-9-. The molecule has 29 heavy (non-hydrogen) atoms. The Bertz CT molecular complexity index is 1030. The second-order valence-electron chi connectivity index (χ2n) is 6.11. The topological polar surface area (TPSA) is 94.3 Å². The van der Waals surface area contributed by atoms with Crippen LogP contribution >= 0.6 is 0 Å². The van der Waals surface area contributed by atoms with Gasteiger partial charge in [0.15, 0.2) is 5.70 Å². The number of hydrogen-bond acceptors (Lipinski definition) is 7. The van der Waals surface area contributed by atoms with E-state index in [9.17, 15) is 23.7 Å². The monoisotopic (exact) mass is 403 g/mol. The molecule has 1 heterocycles. The van der Waals surface area contributed by atoms with Gasteiger partial charge in [0, 0.05) is 20.2 Å². The summed E-state index contributed by atoms with van der Waals surface area (Å²) in [4.78, 5) is 28.6.